The summed E-state index contributed by atoms with van der Waals surface area (Å²) in [5.41, 5.74) is 4.82. The SMILES string of the molecule is C/C(=N\NC(=O)c1cccc(C)c1)c1ccc(O)cc1O. The van der Waals surface area contributed by atoms with Gasteiger partial charge in [0.1, 0.15) is 11.5 Å². The number of carbonyl (C=O) groups excluding carboxylic acids is 1. The molecule has 0 fully saturated rings. The summed E-state index contributed by atoms with van der Waals surface area (Å²) in [6.07, 6.45) is 0. The van der Waals surface area contributed by atoms with Crippen molar-refractivity contribution in [2.75, 3.05) is 0 Å². The number of nitrogens with zero attached hydrogens (tertiary/aromatic N) is 1. The third-order valence-corrected chi connectivity index (χ3v) is 2.98. The topological polar surface area (TPSA) is 81.9 Å². The number of aryl methyl sites for hydroxylation is 1. The van der Waals surface area contributed by atoms with E-state index in [1.807, 2.05) is 13.0 Å². The van der Waals surface area contributed by atoms with Crippen LogP contribution in [0.3, 0.4) is 0 Å². The molecule has 2 rings (SSSR count). The number of hydrogen-bond acceptors (Lipinski definition) is 4. The molecule has 3 N–H and O–H groups in total. The summed E-state index contributed by atoms with van der Waals surface area (Å²) in [5.74, 6) is -0.454. The van der Waals surface area contributed by atoms with E-state index in [1.54, 1.807) is 25.1 Å². The molecule has 2 aromatic rings. The fourth-order valence-electron chi connectivity index (χ4n) is 1.87. The second kappa shape index (κ2) is 6.09. The van der Waals surface area contributed by atoms with Crippen LogP contribution in [0.15, 0.2) is 47.6 Å². The monoisotopic (exact) mass is 284 g/mol. The Kier molecular flexibility index (Phi) is 4.23. The van der Waals surface area contributed by atoms with Crippen LogP contribution in [0.5, 0.6) is 11.5 Å². The van der Waals surface area contributed by atoms with Gasteiger partial charge < -0.3 is 10.2 Å². The molecule has 0 radical (unpaired) electrons. The lowest BCUT2D eigenvalue weighted by molar-refractivity contribution is 0.0954. The molecule has 108 valence electrons. The van der Waals surface area contributed by atoms with Crippen molar-refractivity contribution in [2.24, 2.45) is 5.10 Å². The number of hydrazone groups is 1. The molecule has 0 atom stereocenters. The van der Waals surface area contributed by atoms with E-state index in [4.69, 9.17) is 0 Å². The van der Waals surface area contributed by atoms with E-state index in [2.05, 4.69) is 10.5 Å². The van der Waals surface area contributed by atoms with Crippen molar-refractivity contribution < 1.29 is 15.0 Å². The molecule has 0 spiro atoms. The van der Waals surface area contributed by atoms with Crippen molar-refractivity contribution in [3.63, 3.8) is 0 Å². The van der Waals surface area contributed by atoms with Crippen LogP contribution in [0.2, 0.25) is 0 Å². The number of phenols is 2. The number of carbonyl (C=O) groups is 1. The van der Waals surface area contributed by atoms with Gasteiger partial charge in [-0.3, -0.25) is 4.79 Å². The summed E-state index contributed by atoms with van der Waals surface area (Å²) in [6.45, 7) is 3.56. The lowest BCUT2D eigenvalue weighted by Crippen LogP contribution is -2.19. The van der Waals surface area contributed by atoms with Crippen molar-refractivity contribution in [2.45, 2.75) is 13.8 Å². The fourth-order valence-corrected chi connectivity index (χ4v) is 1.87. The summed E-state index contributed by atoms with van der Waals surface area (Å²) >= 11 is 0. The first-order chi connectivity index (χ1) is 9.97. The molecule has 2 aromatic carbocycles. The first-order valence-electron chi connectivity index (χ1n) is 6.41. The lowest BCUT2D eigenvalue weighted by Gasteiger charge is -2.06. The molecule has 1 amide bonds. The van der Waals surface area contributed by atoms with Gasteiger partial charge in [0.15, 0.2) is 0 Å². The third kappa shape index (κ3) is 3.60. The van der Waals surface area contributed by atoms with Gasteiger partial charge >= 0.3 is 0 Å². The molecule has 0 heterocycles. The Hall–Kier alpha value is -2.82. The van der Waals surface area contributed by atoms with Crippen LogP contribution in [0.1, 0.15) is 28.4 Å². The Bertz CT molecular complexity index is 708. The Balaban J connectivity index is 2.15. The van der Waals surface area contributed by atoms with Crippen LogP contribution in [-0.2, 0) is 0 Å². The molecule has 21 heavy (non-hydrogen) atoms. The first kappa shape index (κ1) is 14.6. The minimum absolute atomic E-state index is 0.0344. The van der Waals surface area contributed by atoms with Gasteiger partial charge in [-0.15, -0.1) is 0 Å². The van der Waals surface area contributed by atoms with E-state index in [9.17, 15) is 15.0 Å². The average Bonchev–Trinajstić information content (AvgIpc) is 2.44. The Morgan fingerprint density at radius 3 is 2.57 bits per heavy atom. The van der Waals surface area contributed by atoms with E-state index >= 15 is 0 Å². The molecular formula is C16H16N2O3. The normalized spacial score (nSPS) is 11.2. The second-order valence-corrected chi connectivity index (χ2v) is 4.71. The maximum atomic E-state index is 12.0. The van der Waals surface area contributed by atoms with Crippen LogP contribution in [0, 0.1) is 6.92 Å². The van der Waals surface area contributed by atoms with Gasteiger partial charge in [0.25, 0.3) is 5.91 Å². The average molecular weight is 284 g/mol. The standard InChI is InChI=1S/C16H16N2O3/c1-10-4-3-5-12(8-10)16(21)18-17-11(2)14-7-6-13(19)9-15(14)20/h3-9,19-20H,1-2H3,(H,18,21)/b17-11+. The molecule has 0 aliphatic rings. The predicted octanol–water partition coefficient (Wildman–Crippen LogP) is 2.56. The fraction of sp³-hybridized carbons (Fsp3) is 0.125. The second-order valence-electron chi connectivity index (χ2n) is 4.71. The smallest absolute Gasteiger partial charge is 0.271 e. The molecule has 5 nitrogen and oxygen atoms in total. The maximum Gasteiger partial charge on any atom is 0.271 e. The molecule has 0 aliphatic heterocycles. The summed E-state index contributed by atoms with van der Waals surface area (Å²) < 4.78 is 0. The molecule has 0 aromatic heterocycles. The van der Waals surface area contributed by atoms with Crippen LogP contribution >= 0.6 is 0 Å². The van der Waals surface area contributed by atoms with Gasteiger partial charge in [-0.1, -0.05) is 17.7 Å². The van der Waals surface area contributed by atoms with Crippen molar-refractivity contribution in [1.29, 1.82) is 0 Å². The van der Waals surface area contributed by atoms with Crippen LogP contribution in [0.4, 0.5) is 0 Å². The summed E-state index contributed by atoms with van der Waals surface area (Å²) in [7, 11) is 0. The highest BCUT2D eigenvalue weighted by atomic mass is 16.3. The lowest BCUT2D eigenvalue weighted by atomic mass is 10.1. The number of benzene rings is 2. The molecule has 0 bridgehead atoms. The zero-order valence-electron chi connectivity index (χ0n) is 11.8. The highest BCUT2D eigenvalue weighted by Gasteiger charge is 2.08. The highest BCUT2D eigenvalue weighted by molar-refractivity contribution is 6.02. The third-order valence-electron chi connectivity index (χ3n) is 2.98. The van der Waals surface area contributed by atoms with E-state index in [1.165, 1.54) is 18.2 Å². The number of phenolic OH excluding ortho intramolecular Hbond substituents is 2. The van der Waals surface area contributed by atoms with Gasteiger partial charge in [0.2, 0.25) is 0 Å². The molecule has 0 saturated heterocycles. The van der Waals surface area contributed by atoms with Crippen molar-refractivity contribution in [3.8, 4) is 11.5 Å². The first-order valence-corrected chi connectivity index (χ1v) is 6.41. The van der Waals surface area contributed by atoms with E-state index in [0.29, 0.717) is 16.8 Å². The van der Waals surface area contributed by atoms with Gasteiger partial charge in [0.05, 0.1) is 5.71 Å². The van der Waals surface area contributed by atoms with Crippen molar-refractivity contribution >= 4 is 11.6 Å². The summed E-state index contributed by atoms with van der Waals surface area (Å²) in [5, 5.41) is 22.9. The maximum absolute atomic E-state index is 12.0. The Morgan fingerprint density at radius 2 is 1.90 bits per heavy atom. The van der Waals surface area contributed by atoms with Gasteiger partial charge in [-0.05, 0) is 38.1 Å². The quantitative estimate of drug-likeness (QED) is 0.598. The number of amides is 1. The zero-order chi connectivity index (χ0) is 15.4. The highest BCUT2D eigenvalue weighted by Crippen LogP contribution is 2.22. The largest absolute Gasteiger partial charge is 0.508 e. The van der Waals surface area contributed by atoms with Gasteiger partial charge in [-0.25, -0.2) is 5.43 Å². The van der Waals surface area contributed by atoms with Crippen LogP contribution < -0.4 is 5.43 Å². The van der Waals surface area contributed by atoms with Gasteiger partial charge in [0, 0.05) is 17.2 Å². The summed E-state index contributed by atoms with van der Waals surface area (Å²) in [6, 6.07) is 11.4. The molecule has 0 saturated carbocycles. The van der Waals surface area contributed by atoms with Gasteiger partial charge in [-0.2, -0.15) is 5.10 Å². The Labute approximate surface area is 122 Å². The number of aromatic hydroxyl groups is 2. The number of hydrogen-bond donors (Lipinski definition) is 3. The van der Waals surface area contributed by atoms with E-state index in [-0.39, 0.29) is 17.4 Å². The predicted molar refractivity (Wildman–Crippen MR) is 80.6 cm³/mol. The number of rotatable bonds is 3. The minimum atomic E-state index is -0.323. The van der Waals surface area contributed by atoms with E-state index in [0.717, 1.165) is 5.56 Å². The van der Waals surface area contributed by atoms with Crippen LogP contribution in [-0.4, -0.2) is 21.8 Å². The molecule has 5 heteroatoms. The minimum Gasteiger partial charge on any atom is -0.508 e. The van der Waals surface area contributed by atoms with E-state index < -0.39 is 0 Å². The molecule has 0 unspecified atom stereocenters. The number of nitrogens with one attached hydrogen (secondary N) is 1. The van der Waals surface area contributed by atoms with Crippen molar-refractivity contribution in [1.82, 2.24) is 5.43 Å². The van der Waals surface area contributed by atoms with Crippen LogP contribution in [0.25, 0.3) is 0 Å². The Morgan fingerprint density at radius 1 is 1.14 bits per heavy atom. The molecular weight excluding hydrogens is 268 g/mol. The zero-order valence-corrected chi connectivity index (χ0v) is 11.8. The molecule has 0 aliphatic carbocycles. The van der Waals surface area contributed by atoms with Crippen molar-refractivity contribution in [3.05, 3.63) is 59.2 Å². The summed E-state index contributed by atoms with van der Waals surface area (Å²) in [4.78, 5) is 12.0.